The Kier molecular flexibility index (Phi) is 4.42. The number of hydrogen-bond donors (Lipinski definition) is 0. The first-order valence-electron chi connectivity index (χ1n) is 8.34. The van der Waals surface area contributed by atoms with Crippen LogP contribution in [0, 0.1) is 32.7 Å². The van der Waals surface area contributed by atoms with Crippen molar-refractivity contribution in [2.45, 2.75) is 79.7 Å². The van der Waals surface area contributed by atoms with E-state index in [9.17, 15) is 0 Å². The van der Waals surface area contributed by atoms with Crippen LogP contribution in [0.1, 0.15) is 70.1 Å². The van der Waals surface area contributed by atoms with E-state index in [1.54, 1.807) is 0 Å². The highest BCUT2D eigenvalue weighted by molar-refractivity contribution is 5.63. The molecule has 1 fully saturated rings. The minimum absolute atomic E-state index is 0.151. The number of anilines is 1. The highest BCUT2D eigenvalue weighted by Crippen LogP contribution is 2.47. The Balaban J connectivity index is 2.44. The van der Waals surface area contributed by atoms with Crippen molar-refractivity contribution in [2.75, 3.05) is 4.90 Å². The van der Waals surface area contributed by atoms with Crippen molar-refractivity contribution in [3.05, 3.63) is 35.4 Å². The van der Waals surface area contributed by atoms with Gasteiger partial charge in [-0.3, -0.25) is 0 Å². The summed E-state index contributed by atoms with van der Waals surface area (Å²) in [6.45, 7) is 19.9. The molecule has 1 unspecified atom stereocenters. The summed E-state index contributed by atoms with van der Waals surface area (Å²) >= 11 is 0. The molecule has 2 radical (unpaired) electrons. The van der Waals surface area contributed by atoms with E-state index in [4.69, 9.17) is 0 Å². The maximum Gasteiger partial charge on any atom is 0.0982 e. The van der Waals surface area contributed by atoms with E-state index in [0.717, 1.165) is 0 Å². The summed E-state index contributed by atoms with van der Waals surface area (Å²) in [4.78, 5) is 2.45. The highest BCUT2D eigenvalue weighted by Gasteiger charge is 2.41. The Hall–Kier alpha value is -0.980. The molecule has 1 heterocycles. The molecule has 0 amide bonds. The maximum absolute atomic E-state index is 3.87. The molecule has 1 saturated heterocycles. The zero-order chi connectivity index (χ0) is 15.8. The van der Waals surface area contributed by atoms with Crippen molar-refractivity contribution in [2.24, 2.45) is 5.41 Å². The number of piperidine rings is 1. The summed E-state index contributed by atoms with van der Waals surface area (Å²) in [6.07, 6.45) is 4.92. The largest absolute Gasteiger partial charge is 0.355 e. The average molecular weight is 285 g/mol. The minimum atomic E-state index is 0.151. The smallest absolute Gasteiger partial charge is 0.0982 e. The lowest BCUT2D eigenvalue weighted by atomic mass is 9.72. The van der Waals surface area contributed by atoms with Crippen molar-refractivity contribution in [1.29, 1.82) is 0 Å². The third kappa shape index (κ3) is 3.27. The van der Waals surface area contributed by atoms with Crippen LogP contribution in [0.3, 0.4) is 0 Å². The Morgan fingerprint density at radius 1 is 1.05 bits per heavy atom. The number of hydrogen-bond acceptors (Lipinski definition) is 1. The minimum Gasteiger partial charge on any atom is -0.355 e. The van der Waals surface area contributed by atoms with Crippen LogP contribution in [0.4, 0.5) is 5.69 Å². The van der Waals surface area contributed by atoms with Crippen LogP contribution < -0.4 is 4.90 Å². The number of rotatable bonds is 3. The second-order valence-electron chi connectivity index (χ2n) is 7.82. The van der Waals surface area contributed by atoms with Gasteiger partial charge in [0.1, 0.15) is 0 Å². The van der Waals surface area contributed by atoms with Gasteiger partial charge < -0.3 is 4.90 Å². The van der Waals surface area contributed by atoms with Crippen LogP contribution in [-0.4, -0.2) is 5.54 Å². The summed E-state index contributed by atoms with van der Waals surface area (Å²) in [5.41, 5.74) is 5.82. The Bertz CT molecular complexity index is 492. The summed E-state index contributed by atoms with van der Waals surface area (Å²) in [7, 11) is 0. The Morgan fingerprint density at radius 3 is 2.14 bits per heavy atom. The molecule has 1 aromatic rings. The topological polar surface area (TPSA) is 3.24 Å². The third-order valence-electron chi connectivity index (χ3n) is 4.94. The van der Waals surface area contributed by atoms with Gasteiger partial charge in [-0.1, -0.05) is 38.0 Å². The monoisotopic (exact) mass is 285 g/mol. The van der Waals surface area contributed by atoms with Crippen LogP contribution >= 0.6 is 0 Å². The fourth-order valence-corrected chi connectivity index (χ4v) is 3.79. The molecule has 1 aromatic carbocycles. The zero-order valence-electron chi connectivity index (χ0n) is 14.9. The van der Waals surface area contributed by atoms with Gasteiger partial charge in [-0.2, -0.15) is 0 Å². The SMILES string of the molecule is CCCC1(C)[C]N(c2c(C)cc(C)cc2C)C(C)(C)CC1. The van der Waals surface area contributed by atoms with E-state index < -0.39 is 0 Å². The van der Waals surface area contributed by atoms with Crippen LogP contribution in [0.5, 0.6) is 0 Å². The van der Waals surface area contributed by atoms with Gasteiger partial charge in [-0.05, 0) is 70.4 Å². The molecule has 21 heavy (non-hydrogen) atoms. The molecule has 0 saturated carbocycles. The molecule has 1 atom stereocenters. The lowest BCUT2D eigenvalue weighted by Crippen LogP contribution is -2.51. The summed E-state index contributed by atoms with van der Waals surface area (Å²) in [5, 5.41) is 0. The van der Waals surface area contributed by atoms with E-state index in [-0.39, 0.29) is 11.0 Å². The molecule has 116 valence electrons. The van der Waals surface area contributed by atoms with Crippen molar-refractivity contribution in [1.82, 2.24) is 0 Å². The molecule has 0 spiro atoms. The second-order valence-corrected chi connectivity index (χ2v) is 7.82. The standard InChI is InChI=1S/C20H31N/c1-8-9-20(7)11-10-19(5,6)21(14-20)18-16(3)12-15(2)13-17(18)4/h12-13H,8-11H2,1-7H3. The van der Waals surface area contributed by atoms with Gasteiger partial charge in [0.15, 0.2) is 0 Å². The number of benzene rings is 1. The lowest BCUT2D eigenvalue weighted by molar-refractivity contribution is 0.219. The summed E-state index contributed by atoms with van der Waals surface area (Å²) in [6, 6.07) is 4.59. The maximum atomic E-state index is 3.87. The van der Waals surface area contributed by atoms with Gasteiger partial charge in [0.25, 0.3) is 0 Å². The Labute approximate surface area is 131 Å². The molecule has 1 nitrogen and oxygen atoms in total. The summed E-state index contributed by atoms with van der Waals surface area (Å²) in [5.74, 6) is 0. The predicted molar refractivity (Wildman–Crippen MR) is 92.7 cm³/mol. The molecule has 2 rings (SSSR count). The molecular formula is C20H31N. The van der Waals surface area contributed by atoms with Crippen molar-refractivity contribution in [3.63, 3.8) is 0 Å². The highest BCUT2D eigenvalue weighted by atomic mass is 15.2. The van der Waals surface area contributed by atoms with Gasteiger partial charge in [0, 0.05) is 11.2 Å². The van der Waals surface area contributed by atoms with E-state index in [1.165, 1.54) is 48.1 Å². The van der Waals surface area contributed by atoms with Gasteiger partial charge in [-0.15, -0.1) is 0 Å². The normalized spacial score (nSPS) is 25.2. The van der Waals surface area contributed by atoms with Crippen molar-refractivity contribution < 1.29 is 0 Å². The van der Waals surface area contributed by atoms with Crippen molar-refractivity contribution >= 4 is 5.69 Å². The molecule has 0 N–H and O–H groups in total. The molecule has 1 aliphatic heterocycles. The average Bonchev–Trinajstić information content (AvgIpc) is 2.33. The van der Waals surface area contributed by atoms with Gasteiger partial charge in [-0.25, -0.2) is 0 Å². The number of nitrogens with zero attached hydrogens (tertiary/aromatic N) is 1. The first-order chi connectivity index (χ1) is 9.68. The Morgan fingerprint density at radius 2 is 1.62 bits per heavy atom. The molecule has 1 heteroatoms. The van der Waals surface area contributed by atoms with E-state index in [2.05, 4.69) is 72.0 Å². The van der Waals surface area contributed by atoms with Gasteiger partial charge >= 0.3 is 0 Å². The zero-order valence-corrected chi connectivity index (χ0v) is 14.9. The van der Waals surface area contributed by atoms with Crippen LogP contribution in [0.2, 0.25) is 0 Å². The fourth-order valence-electron chi connectivity index (χ4n) is 3.79. The lowest BCUT2D eigenvalue weighted by Gasteiger charge is -2.51. The first-order valence-corrected chi connectivity index (χ1v) is 8.34. The molecule has 0 aliphatic carbocycles. The van der Waals surface area contributed by atoms with Crippen molar-refractivity contribution in [3.8, 4) is 0 Å². The van der Waals surface area contributed by atoms with E-state index in [0.29, 0.717) is 0 Å². The third-order valence-corrected chi connectivity index (χ3v) is 4.94. The van der Waals surface area contributed by atoms with Gasteiger partial charge in [0.2, 0.25) is 0 Å². The van der Waals surface area contributed by atoms with E-state index >= 15 is 0 Å². The van der Waals surface area contributed by atoms with Crippen LogP contribution in [0.15, 0.2) is 12.1 Å². The molecular weight excluding hydrogens is 254 g/mol. The molecule has 0 aromatic heterocycles. The van der Waals surface area contributed by atoms with Crippen LogP contribution in [0.25, 0.3) is 0 Å². The van der Waals surface area contributed by atoms with Crippen LogP contribution in [-0.2, 0) is 0 Å². The number of aryl methyl sites for hydroxylation is 3. The summed E-state index contributed by atoms with van der Waals surface area (Å²) < 4.78 is 0. The predicted octanol–water partition coefficient (Wildman–Crippen LogP) is 5.84. The first kappa shape index (κ1) is 16.4. The molecule has 1 aliphatic rings. The second kappa shape index (κ2) is 5.66. The van der Waals surface area contributed by atoms with Gasteiger partial charge in [0.05, 0.1) is 6.54 Å². The van der Waals surface area contributed by atoms with E-state index in [1.807, 2.05) is 0 Å². The molecule has 0 bridgehead atoms. The quantitative estimate of drug-likeness (QED) is 0.674. The fraction of sp³-hybridized carbons (Fsp3) is 0.650.